The van der Waals surface area contributed by atoms with Crippen LogP contribution in [0.15, 0.2) is 77.0 Å². The molecule has 176 valence electrons. The van der Waals surface area contributed by atoms with Crippen molar-refractivity contribution in [2.24, 2.45) is 0 Å². The van der Waals surface area contributed by atoms with E-state index in [1.807, 2.05) is 0 Å². The van der Waals surface area contributed by atoms with Crippen LogP contribution in [-0.2, 0) is 0 Å². The van der Waals surface area contributed by atoms with Crippen molar-refractivity contribution >= 4 is 28.9 Å². The number of allylic oxidation sites excluding steroid dienone is 1. The third kappa shape index (κ3) is 4.38. The molecule has 0 bridgehead atoms. The van der Waals surface area contributed by atoms with Gasteiger partial charge in [0.1, 0.15) is 17.5 Å². The molecule has 6 nitrogen and oxygen atoms in total. The number of rotatable bonds is 4. The fourth-order valence-electron chi connectivity index (χ4n) is 3.95. The Morgan fingerprint density at radius 1 is 0.943 bits per heavy atom. The monoisotopic (exact) mass is 496 g/mol. The van der Waals surface area contributed by atoms with Crippen molar-refractivity contribution in [3.05, 3.63) is 106 Å². The number of benzene rings is 3. The molecule has 1 aromatic heterocycles. The smallest absolute Gasteiger partial charge is 0.327 e. The number of urea groups is 1. The molecule has 1 aliphatic heterocycles. The zero-order valence-corrected chi connectivity index (χ0v) is 18.9. The van der Waals surface area contributed by atoms with Crippen LogP contribution < -0.4 is 10.2 Å². The lowest BCUT2D eigenvalue weighted by atomic mass is 9.94. The molecule has 0 radical (unpaired) electrons. The number of carbonyl (C=O) groups is 1. The van der Waals surface area contributed by atoms with Crippen molar-refractivity contribution in [1.82, 2.24) is 15.5 Å². The van der Waals surface area contributed by atoms with E-state index < -0.39 is 29.5 Å². The van der Waals surface area contributed by atoms with Gasteiger partial charge in [0.2, 0.25) is 5.82 Å². The zero-order chi connectivity index (χ0) is 24.7. The summed E-state index contributed by atoms with van der Waals surface area (Å²) in [7, 11) is 0. The highest BCUT2D eigenvalue weighted by Crippen LogP contribution is 2.39. The van der Waals surface area contributed by atoms with E-state index in [2.05, 4.69) is 15.5 Å². The molecule has 0 spiro atoms. The van der Waals surface area contributed by atoms with Crippen LogP contribution in [0.4, 0.5) is 23.7 Å². The summed E-state index contributed by atoms with van der Waals surface area (Å²) in [5.74, 6) is -1.78. The molecular weight excluding hydrogens is 481 g/mol. The molecule has 2 heterocycles. The van der Waals surface area contributed by atoms with Gasteiger partial charge in [0.15, 0.2) is 0 Å². The van der Waals surface area contributed by atoms with Crippen LogP contribution in [0.3, 0.4) is 0 Å². The number of nitrogens with one attached hydrogen (secondary N) is 1. The molecule has 0 fully saturated rings. The lowest BCUT2D eigenvalue weighted by molar-refractivity contribution is 0.244. The van der Waals surface area contributed by atoms with Crippen molar-refractivity contribution in [3.8, 4) is 11.4 Å². The molecule has 0 saturated carbocycles. The fourth-order valence-corrected chi connectivity index (χ4v) is 4.08. The van der Waals surface area contributed by atoms with Crippen LogP contribution in [0.25, 0.3) is 17.0 Å². The van der Waals surface area contributed by atoms with Crippen molar-refractivity contribution < 1.29 is 22.5 Å². The Bertz CT molecular complexity index is 1430. The molecule has 5 rings (SSSR count). The number of halogens is 4. The van der Waals surface area contributed by atoms with E-state index in [1.54, 1.807) is 31.2 Å². The lowest BCUT2D eigenvalue weighted by Gasteiger charge is -2.35. The van der Waals surface area contributed by atoms with Crippen LogP contribution in [-0.4, -0.2) is 16.2 Å². The third-order valence-electron chi connectivity index (χ3n) is 5.55. The molecule has 2 amide bonds. The quantitative estimate of drug-likeness (QED) is 0.349. The van der Waals surface area contributed by atoms with Crippen LogP contribution in [0.1, 0.15) is 24.4 Å². The molecule has 4 aromatic rings. The van der Waals surface area contributed by atoms with E-state index in [0.717, 1.165) is 17.0 Å². The molecule has 3 aromatic carbocycles. The van der Waals surface area contributed by atoms with Gasteiger partial charge in [-0.2, -0.15) is 4.98 Å². The highest BCUT2D eigenvalue weighted by atomic mass is 35.5. The number of amides is 2. The minimum absolute atomic E-state index is 0.0232. The normalized spacial score (nSPS) is 16.0. The number of aromatic nitrogens is 2. The van der Waals surface area contributed by atoms with Gasteiger partial charge in [-0.3, -0.25) is 4.90 Å². The Kier molecular flexibility index (Phi) is 5.78. The van der Waals surface area contributed by atoms with Crippen LogP contribution in [0, 0.1) is 17.5 Å². The van der Waals surface area contributed by atoms with Gasteiger partial charge in [0.25, 0.3) is 5.89 Å². The molecule has 0 aliphatic carbocycles. The summed E-state index contributed by atoms with van der Waals surface area (Å²) < 4.78 is 47.0. The minimum Gasteiger partial charge on any atom is -0.334 e. The maximum Gasteiger partial charge on any atom is 0.327 e. The van der Waals surface area contributed by atoms with E-state index in [9.17, 15) is 18.0 Å². The second-order valence-electron chi connectivity index (χ2n) is 7.83. The number of carbonyl (C=O) groups excluding carboxylic acids is 1. The number of hydrogen-bond acceptors (Lipinski definition) is 4. The summed E-state index contributed by atoms with van der Waals surface area (Å²) in [6, 6.07) is 13.7. The van der Waals surface area contributed by atoms with Gasteiger partial charge >= 0.3 is 6.03 Å². The molecule has 1 atom stereocenters. The van der Waals surface area contributed by atoms with Gasteiger partial charge in [-0.05, 0) is 61.0 Å². The number of hydrogen-bond donors (Lipinski definition) is 1. The highest BCUT2D eigenvalue weighted by Gasteiger charge is 2.36. The predicted octanol–water partition coefficient (Wildman–Crippen LogP) is 6.51. The summed E-state index contributed by atoms with van der Waals surface area (Å²) in [5.41, 5.74) is 1.85. The number of nitrogens with zero attached hydrogens (tertiary/aromatic N) is 3. The molecule has 0 saturated heterocycles. The Morgan fingerprint density at radius 2 is 1.60 bits per heavy atom. The Balaban J connectivity index is 1.66. The Hall–Kier alpha value is -4.11. The summed E-state index contributed by atoms with van der Waals surface area (Å²) in [5, 5.41) is 7.37. The third-order valence-corrected chi connectivity index (χ3v) is 5.80. The van der Waals surface area contributed by atoms with E-state index in [1.165, 1.54) is 24.3 Å². The van der Waals surface area contributed by atoms with Gasteiger partial charge in [-0.25, -0.2) is 18.0 Å². The molecular formula is C25H16ClF3N4O2. The van der Waals surface area contributed by atoms with Gasteiger partial charge < -0.3 is 9.84 Å². The minimum atomic E-state index is -0.842. The SMILES string of the molecule is CC1=C(c2nc(-c3ccc(Cl)cc3)no2)C(c2ccc(F)cc2)NC(=O)N1c1cc(F)cc(F)c1. The average Bonchev–Trinajstić information content (AvgIpc) is 3.29. The maximum atomic E-state index is 14.0. The lowest BCUT2D eigenvalue weighted by Crippen LogP contribution is -2.46. The first-order valence-corrected chi connectivity index (χ1v) is 10.8. The second-order valence-corrected chi connectivity index (χ2v) is 8.26. The Labute approximate surface area is 202 Å². The molecule has 1 aliphatic rings. The summed E-state index contributed by atoms with van der Waals surface area (Å²) in [6.07, 6.45) is 0. The van der Waals surface area contributed by atoms with Gasteiger partial charge in [0, 0.05) is 22.3 Å². The van der Waals surface area contributed by atoms with Crippen LogP contribution >= 0.6 is 11.6 Å². The largest absolute Gasteiger partial charge is 0.334 e. The second kappa shape index (κ2) is 8.92. The average molecular weight is 497 g/mol. The molecule has 35 heavy (non-hydrogen) atoms. The van der Waals surface area contributed by atoms with Crippen molar-refractivity contribution in [1.29, 1.82) is 0 Å². The summed E-state index contributed by atoms with van der Waals surface area (Å²) in [4.78, 5) is 18.7. The van der Waals surface area contributed by atoms with Crippen LogP contribution in [0.5, 0.6) is 0 Å². The van der Waals surface area contributed by atoms with E-state index in [-0.39, 0.29) is 17.4 Å². The first-order valence-electron chi connectivity index (χ1n) is 10.4. The molecule has 1 unspecified atom stereocenters. The van der Waals surface area contributed by atoms with Crippen LogP contribution in [0.2, 0.25) is 5.02 Å². The molecule has 1 N–H and O–H groups in total. The van der Waals surface area contributed by atoms with Crippen molar-refractivity contribution in [3.63, 3.8) is 0 Å². The highest BCUT2D eigenvalue weighted by molar-refractivity contribution is 6.30. The zero-order valence-electron chi connectivity index (χ0n) is 18.1. The summed E-state index contributed by atoms with van der Waals surface area (Å²) >= 11 is 5.96. The predicted molar refractivity (Wildman–Crippen MR) is 124 cm³/mol. The maximum absolute atomic E-state index is 14.0. The fraction of sp³-hybridized carbons (Fsp3) is 0.0800. The van der Waals surface area contributed by atoms with Gasteiger partial charge in [-0.1, -0.05) is 28.9 Å². The summed E-state index contributed by atoms with van der Waals surface area (Å²) in [6.45, 7) is 1.60. The van der Waals surface area contributed by atoms with Crippen molar-refractivity contribution in [2.75, 3.05) is 4.90 Å². The van der Waals surface area contributed by atoms with E-state index in [4.69, 9.17) is 16.1 Å². The molecule has 10 heteroatoms. The van der Waals surface area contributed by atoms with E-state index in [0.29, 0.717) is 33.5 Å². The van der Waals surface area contributed by atoms with Gasteiger partial charge in [0.05, 0.1) is 17.3 Å². The first-order chi connectivity index (χ1) is 16.8. The van der Waals surface area contributed by atoms with Crippen molar-refractivity contribution in [2.45, 2.75) is 13.0 Å². The van der Waals surface area contributed by atoms with Gasteiger partial charge in [-0.15, -0.1) is 0 Å². The number of anilines is 1. The van der Waals surface area contributed by atoms with E-state index >= 15 is 0 Å². The Morgan fingerprint density at radius 3 is 2.26 bits per heavy atom. The first kappa shape index (κ1) is 22.7. The standard InChI is InChI=1S/C25H16ClF3N4O2/c1-13-21(24-31-23(32-35-24)15-2-6-16(26)7-3-15)22(14-4-8-17(27)9-5-14)30-25(34)33(13)20-11-18(28)10-19(29)12-20/h2-12,22H,1H3,(H,30,34). The topological polar surface area (TPSA) is 71.3 Å².